The van der Waals surface area contributed by atoms with E-state index in [-0.39, 0.29) is 23.8 Å². The summed E-state index contributed by atoms with van der Waals surface area (Å²) in [5.41, 5.74) is -0.677. The molecule has 2 aromatic carbocycles. The minimum Gasteiger partial charge on any atom is -0.481 e. The maximum absolute atomic E-state index is 13.6. The molecule has 1 aliphatic carbocycles. The van der Waals surface area contributed by atoms with Crippen molar-refractivity contribution >= 4 is 17.5 Å². The van der Waals surface area contributed by atoms with Gasteiger partial charge >= 0.3 is 12.4 Å². The Morgan fingerprint density at radius 3 is 2.44 bits per heavy atom. The molecule has 2 N–H and O–H groups in total. The van der Waals surface area contributed by atoms with E-state index in [1.54, 1.807) is 18.2 Å². The van der Waals surface area contributed by atoms with E-state index in [9.17, 15) is 35.9 Å². The molecule has 3 unspecified atom stereocenters. The number of carbonyl (C=O) groups is 2. The minimum atomic E-state index is -5.05. The monoisotopic (exact) mass is 486 g/mol. The smallest absolute Gasteiger partial charge is 0.425 e. The number of anilines is 1. The van der Waals surface area contributed by atoms with Crippen molar-refractivity contribution < 1.29 is 40.7 Å². The zero-order valence-corrected chi connectivity index (χ0v) is 18.0. The molecule has 11 heteroatoms. The number of ether oxygens (including phenoxy) is 1. The van der Waals surface area contributed by atoms with Gasteiger partial charge in [0, 0.05) is 11.3 Å². The van der Waals surface area contributed by atoms with Crippen LogP contribution in [0, 0.1) is 5.92 Å². The molecule has 0 bridgehead atoms. The predicted octanol–water partition coefficient (Wildman–Crippen LogP) is 5.19. The standard InChI is InChI=1S/C23H20F6N2O3/c1-11-10-21(11,15-4-3-5-17-14(15)9-19(32)30-17)31-20(33)13-6-7-18(16(8-13)23(27,28)29)34-12(2)22(24,25)26/h3-8,11-12H,9-10H2,1-2H3,(H,30,32)(H,31,33). The number of rotatable bonds is 5. The molecule has 1 aliphatic heterocycles. The molecule has 0 aromatic heterocycles. The van der Waals surface area contributed by atoms with E-state index in [0.717, 1.165) is 11.6 Å². The van der Waals surface area contributed by atoms with Gasteiger partial charge in [0.05, 0.1) is 17.5 Å². The van der Waals surface area contributed by atoms with Crippen LogP contribution in [0.5, 0.6) is 5.75 Å². The molecule has 2 aromatic rings. The molecule has 1 saturated carbocycles. The number of nitrogens with one attached hydrogen (secondary N) is 2. The lowest BCUT2D eigenvalue weighted by Gasteiger charge is -2.23. The highest BCUT2D eigenvalue weighted by Gasteiger charge is 2.55. The van der Waals surface area contributed by atoms with Crippen molar-refractivity contribution in [1.29, 1.82) is 0 Å². The fraction of sp³-hybridized carbons (Fsp3) is 0.391. The third-order valence-electron chi connectivity index (χ3n) is 6.23. The van der Waals surface area contributed by atoms with Crippen LogP contribution < -0.4 is 15.4 Å². The molecule has 2 aliphatic rings. The highest BCUT2D eigenvalue weighted by Crippen LogP contribution is 2.54. The molecule has 5 nitrogen and oxygen atoms in total. The summed E-state index contributed by atoms with van der Waals surface area (Å²) in [4.78, 5) is 24.8. The van der Waals surface area contributed by atoms with Crippen LogP contribution in [0.25, 0.3) is 0 Å². The number of amides is 2. The molecule has 3 atom stereocenters. The Balaban J connectivity index is 1.64. The van der Waals surface area contributed by atoms with Gasteiger partial charge in [-0.25, -0.2) is 0 Å². The largest absolute Gasteiger partial charge is 0.481 e. The maximum atomic E-state index is 13.6. The van der Waals surface area contributed by atoms with Crippen LogP contribution in [0.15, 0.2) is 36.4 Å². The van der Waals surface area contributed by atoms with E-state index >= 15 is 0 Å². The van der Waals surface area contributed by atoms with Crippen molar-refractivity contribution in [2.24, 2.45) is 5.92 Å². The fourth-order valence-corrected chi connectivity index (χ4v) is 4.24. The Hall–Kier alpha value is -3.24. The number of carbonyl (C=O) groups excluding carboxylic acids is 2. The summed E-state index contributed by atoms with van der Waals surface area (Å²) >= 11 is 0. The van der Waals surface area contributed by atoms with Crippen LogP contribution >= 0.6 is 0 Å². The van der Waals surface area contributed by atoms with E-state index < -0.39 is 41.2 Å². The second-order valence-corrected chi connectivity index (χ2v) is 8.60. The van der Waals surface area contributed by atoms with Crippen molar-refractivity contribution in [3.05, 3.63) is 58.7 Å². The molecule has 0 spiro atoms. The second-order valence-electron chi connectivity index (χ2n) is 8.60. The zero-order chi connectivity index (χ0) is 25.1. The molecule has 34 heavy (non-hydrogen) atoms. The highest BCUT2D eigenvalue weighted by atomic mass is 19.4. The molecule has 2 amide bonds. The van der Waals surface area contributed by atoms with Crippen molar-refractivity contribution in [2.45, 2.75) is 50.7 Å². The van der Waals surface area contributed by atoms with E-state index in [1.165, 1.54) is 0 Å². The molecule has 1 fully saturated rings. The molecule has 4 rings (SSSR count). The van der Waals surface area contributed by atoms with Crippen LogP contribution in [0.1, 0.15) is 47.3 Å². The predicted molar refractivity (Wildman–Crippen MR) is 109 cm³/mol. The van der Waals surface area contributed by atoms with Gasteiger partial charge in [0.2, 0.25) is 5.91 Å². The Morgan fingerprint density at radius 1 is 1.18 bits per heavy atom. The third kappa shape index (κ3) is 4.30. The molecular formula is C23H20F6N2O3. The van der Waals surface area contributed by atoms with Crippen LogP contribution in [-0.4, -0.2) is 24.1 Å². The van der Waals surface area contributed by atoms with Crippen molar-refractivity contribution in [3.63, 3.8) is 0 Å². The van der Waals surface area contributed by atoms with Crippen LogP contribution in [-0.2, 0) is 22.9 Å². The number of alkyl halides is 6. The van der Waals surface area contributed by atoms with Crippen LogP contribution in [0.3, 0.4) is 0 Å². The summed E-state index contributed by atoms with van der Waals surface area (Å²) < 4.78 is 83.6. The first-order valence-electron chi connectivity index (χ1n) is 10.4. The topological polar surface area (TPSA) is 67.4 Å². The number of benzene rings is 2. The number of hydrogen-bond acceptors (Lipinski definition) is 3. The van der Waals surface area contributed by atoms with E-state index in [0.29, 0.717) is 36.7 Å². The minimum absolute atomic E-state index is 0.0454. The third-order valence-corrected chi connectivity index (χ3v) is 6.23. The number of hydrogen-bond donors (Lipinski definition) is 2. The van der Waals surface area contributed by atoms with Crippen molar-refractivity contribution in [2.75, 3.05) is 5.32 Å². The summed E-state index contributed by atoms with van der Waals surface area (Å²) in [7, 11) is 0. The normalized spacial score (nSPS) is 22.6. The Kier molecular flexibility index (Phi) is 5.57. The van der Waals surface area contributed by atoms with Crippen molar-refractivity contribution in [1.82, 2.24) is 5.32 Å². The number of fused-ring (bicyclic) bond motifs is 1. The van der Waals surface area contributed by atoms with Gasteiger partial charge in [-0.05, 0) is 54.7 Å². The van der Waals surface area contributed by atoms with Gasteiger partial charge in [-0.1, -0.05) is 19.1 Å². The molecule has 0 saturated heterocycles. The average Bonchev–Trinajstić information content (AvgIpc) is 3.19. The lowest BCUT2D eigenvalue weighted by atomic mass is 9.94. The van der Waals surface area contributed by atoms with Gasteiger partial charge < -0.3 is 15.4 Å². The summed E-state index contributed by atoms with van der Waals surface area (Å²) in [5, 5.41) is 5.51. The Morgan fingerprint density at radius 2 is 1.85 bits per heavy atom. The summed E-state index contributed by atoms with van der Waals surface area (Å²) in [5.74, 6) is -2.08. The summed E-state index contributed by atoms with van der Waals surface area (Å²) in [6.45, 7) is 2.46. The average molecular weight is 486 g/mol. The van der Waals surface area contributed by atoms with E-state index in [2.05, 4.69) is 15.4 Å². The van der Waals surface area contributed by atoms with Gasteiger partial charge in [0.1, 0.15) is 5.75 Å². The van der Waals surface area contributed by atoms with E-state index in [1.807, 2.05) is 6.92 Å². The second kappa shape index (κ2) is 7.92. The quantitative estimate of drug-likeness (QED) is 0.572. The first-order chi connectivity index (χ1) is 15.7. The molecule has 1 heterocycles. The maximum Gasteiger partial charge on any atom is 0.425 e. The lowest BCUT2D eigenvalue weighted by Crippen LogP contribution is -2.37. The van der Waals surface area contributed by atoms with Crippen LogP contribution in [0.2, 0.25) is 0 Å². The fourth-order valence-electron chi connectivity index (χ4n) is 4.24. The van der Waals surface area contributed by atoms with Gasteiger partial charge in [0.15, 0.2) is 6.10 Å². The van der Waals surface area contributed by atoms with Crippen molar-refractivity contribution in [3.8, 4) is 5.75 Å². The van der Waals surface area contributed by atoms with Gasteiger partial charge in [-0.2, -0.15) is 26.3 Å². The lowest BCUT2D eigenvalue weighted by molar-refractivity contribution is -0.191. The first kappa shape index (κ1) is 23.9. The first-order valence-corrected chi connectivity index (χ1v) is 10.4. The zero-order valence-electron chi connectivity index (χ0n) is 18.0. The summed E-state index contributed by atoms with van der Waals surface area (Å²) in [6, 6.07) is 7.39. The van der Waals surface area contributed by atoms with Gasteiger partial charge in [0.25, 0.3) is 5.91 Å². The Labute approximate surface area is 190 Å². The van der Waals surface area contributed by atoms with Gasteiger partial charge in [-0.15, -0.1) is 0 Å². The highest BCUT2D eigenvalue weighted by molar-refractivity contribution is 6.00. The Bertz CT molecular complexity index is 1160. The molecule has 182 valence electrons. The van der Waals surface area contributed by atoms with E-state index in [4.69, 9.17) is 0 Å². The number of halogens is 6. The summed E-state index contributed by atoms with van der Waals surface area (Å²) in [6.07, 6.45) is -11.7. The van der Waals surface area contributed by atoms with Crippen LogP contribution in [0.4, 0.5) is 32.0 Å². The SMILES string of the molecule is CC(Oc1ccc(C(=O)NC2(c3cccc4c3CC(=O)N4)CC2C)cc1C(F)(F)F)C(F)(F)F. The molecule has 0 radical (unpaired) electrons. The van der Waals surface area contributed by atoms with Gasteiger partial charge in [-0.3, -0.25) is 9.59 Å². The molecular weight excluding hydrogens is 466 g/mol.